The van der Waals surface area contributed by atoms with Crippen molar-refractivity contribution in [2.24, 2.45) is 11.8 Å². The summed E-state index contributed by atoms with van der Waals surface area (Å²) in [6.07, 6.45) is 7.73. The predicted octanol–water partition coefficient (Wildman–Crippen LogP) is 2.51. The zero-order valence-electron chi connectivity index (χ0n) is 13.0. The van der Waals surface area contributed by atoms with Gasteiger partial charge in [0.15, 0.2) is 0 Å². The van der Waals surface area contributed by atoms with Gasteiger partial charge in [-0.3, -0.25) is 4.79 Å². The monoisotopic (exact) mass is 283 g/mol. The Balaban J connectivity index is 1.86. The maximum absolute atomic E-state index is 12.3. The van der Waals surface area contributed by atoms with Gasteiger partial charge in [-0.2, -0.15) is 0 Å². The molecule has 0 aromatic carbocycles. The molecule has 2 fully saturated rings. The zero-order chi connectivity index (χ0) is 14.4. The van der Waals surface area contributed by atoms with Crippen molar-refractivity contribution in [3.8, 4) is 0 Å². The first-order chi connectivity index (χ1) is 9.73. The first-order valence-corrected chi connectivity index (χ1v) is 8.14. The normalized spacial score (nSPS) is 29.6. The number of carbonyl (C=O) groups is 1. The van der Waals surface area contributed by atoms with Gasteiger partial charge in [0.05, 0.1) is 7.11 Å². The molecule has 20 heavy (non-hydrogen) atoms. The van der Waals surface area contributed by atoms with Gasteiger partial charge in [0.1, 0.15) is 5.54 Å². The van der Waals surface area contributed by atoms with Crippen LogP contribution in [0.1, 0.15) is 51.9 Å². The number of ether oxygens (including phenoxy) is 2. The lowest BCUT2D eigenvalue weighted by molar-refractivity contribution is -0.150. The molecule has 2 aliphatic carbocycles. The summed E-state index contributed by atoms with van der Waals surface area (Å²) in [7, 11) is 1.50. The summed E-state index contributed by atoms with van der Waals surface area (Å²) in [4.78, 5) is 12.3. The molecule has 0 bridgehead atoms. The van der Waals surface area contributed by atoms with Gasteiger partial charge in [-0.05, 0) is 56.9 Å². The molecule has 2 rings (SSSR count). The number of carbonyl (C=O) groups excluding carboxylic acids is 1. The molecule has 2 saturated carbocycles. The van der Waals surface area contributed by atoms with Crippen LogP contribution in [0.5, 0.6) is 0 Å². The van der Waals surface area contributed by atoms with Crippen LogP contribution in [0.15, 0.2) is 0 Å². The minimum atomic E-state index is -0.465. The molecule has 0 aliphatic heterocycles. The molecule has 4 heteroatoms. The third-order valence-corrected chi connectivity index (χ3v) is 4.72. The molecule has 0 heterocycles. The van der Waals surface area contributed by atoms with Crippen molar-refractivity contribution < 1.29 is 14.3 Å². The summed E-state index contributed by atoms with van der Waals surface area (Å²) in [5.41, 5.74) is -0.465. The number of hydrogen-bond acceptors (Lipinski definition) is 4. The van der Waals surface area contributed by atoms with Gasteiger partial charge in [0.2, 0.25) is 0 Å². The summed E-state index contributed by atoms with van der Waals surface area (Å²) in [6, 6.07) is 0. The van der Waals surface area contributed by atoms with E-state index in [1.807, 2.05) is 0 Å². The topological polar surface area (TPSA) is 47.6 Å². The fourth-order valence-electron chi connectivity index (χ4n) is 3.33. The lowest BCUT2D eigenvalue weighted by atomic mass is 9.84. The first-order valence-electron chi connectivity index (χ1n) is 8.14. The molecule has 0 saturated heterocycles. The molecule has 0 aromatic heterocycles. The molecule has 1 N–H and O–H groups in total. The molecular formula is C16H29NO3. The Kier molecular flexibility index (Phi) is 5.85. The third-order valence-electron chi connectivity index (χ3n) is 4.72. The molecule has 2 unspecified atom stereocenters. The van der Waals surface area contributed by atoms with E-state index in [9.17, 15) is 4.79 Å². The number of methoxy groups -OCH3 is 1. The predicted molar refractivity (Wildman–Crippen MR) is 78.5 cm³/mol. The molecule has 2 aliphatic rings. The first kappa shape index (κ1) is 15.8. The van der Waals surface area contributed by atoms with Crippen LogP contribution < -0.4 is 5.32 Å². The van der Waals surface area contributed by atoms with Gasteiger partial charge in [-0.15, -0.1) is 0 Å². The fraction of sp³-hybridized carbons (Fsp3) is 0.938. The lowest BCUT2D eigenvalue weighted by Crippen LogP contribution is -2.55. The van der Waals surface area contributed by atoms with Gasteiger partial charge in [-0.25, -0.2) is 0 Å². The number of nitrogens with one attached hydrogen (secondary N) is 1. The zero-order valence-corrected chi connectivity index (χ0v) is 13.0. The second kappa shape index (κ2) is 7.41. The maximum Gasteiger partial charge on any atom is 0.326 e. The van der Waals surface area contributed by atoms with Crippen LogP contribution in [0.3, 0.4) is 0 Å². The molecule has 2 atom stereocenters. The summed E-state index contributed by atoms with van der Waals surface area (Å²) in [6.45, 7) is 4.67. The quantitative estimate of drug-likeness (QED) is 0.522. The molecular weight excluding hydrogens is 254 g/mol. The fourth-order valence-corrected chi connectivity index (χ4v) is 3.33. The van der Waals surface area contributed by atoms with E-state index in [-0.39, 0.29) is 5.97 Å². The molecule has 0 aromatic rings. The van der Waals surface area contributed by atoms with Crippen molar-refractivity contribution in [2.75, 3.05) is 26.9 Å². The van der Waals surface area contributed by atoms with E-state index in [1.165, 1.54) is 20.0 Å². The number of hydrogen-bond donors (Lipinski definition) is 1. The molecule has 0 radical (unpaired) electrons. The minimum absolute atomic E-state index is 0.0874. The lowest BCUT2D eigenvalue weighted by Gasteiger charge is -2.34. The SMILES string of the molecule is CCCNC1(C(=O)OC)CCCC1CCOCC1CC1. The van der Waals surface area contributed by atoms with Crippen LogP contribution in [0, 0.1) is 11.8 Å². The van der Waals surface area contributed by atoms with E-state index >= 15 is 0 Å². The van der Waals surface area contributed by atoms with Gasteiger partial charge in [-0.1, -0.05) is 13.3 Å². The van der Waals surface area contributed by atoms with E-state index in [4.69, 9.17) is 9.47 Å². The molecule has 116 valence electrons. The number of rotatable bonds is 9. The van der Waals surface area contributed by atoms with E-state index in [0.717, 1.165) is 57.8 Å². The van der Waals surface area contributed by atoms with Crippen LogP contribution in [0.4, 0.5) is 0 Å². The molecule has 0 amide bonds. The highest BCUT2D eigenvalue weighted by Crippen LogP contribution is 2.39. The van der Waals surface area contributed by atoms with Crippen LogP contribution in [-0.4, -0.2) is 38.4 Å². The summed E-state index contributed by atoms with van der Waals surface area (Å²) in [5.74, 6) is 1.07. The van der Waals surface area contributed by atoms with Crippen molar-refractivity contribution in [1.82, 2.24) is 5.32 Å². The largest absolute Gasteiger partial charge is 0.468 e. The third kappa shape index (κ3) is 3.73. The smallest absolute Gasteiger partial charge is 0.326 e. The Morgan fingerprint density at radius 2 is 2.15 bits per heavy atom. The van der Waals surface area contributed by atoms with Crippen LogP contribution in [0.2, 0.25) is 0 Å². The maximum atomic E-state index is 12.3. The number of esters is 1. The highest BCUT2D eigenvalue weighted by atomic mass is 16.5. The second-order valence-electron chi connectivity index (χ2n) is 6.29. The summed E-state index contributed by atoms with van der Waals surface area (Å²) >= 11 is 0. The Morgan fingerprint density at radius 3 is 2.80 bits per heavy atom. The highest BCUT2D eigenvalue weighted by Gasteiger charge is 2.49. The van der Waals surface area contributed by atoms with E-state index in [2.05, 4.69) is 12.2 Å². The van der Waals surface area contributed by atoms with Crippen molar-refractivity contribution in [1.29, 1.82) is 0 Å². The highest BCUT2D eigenvalue weighted by molar-refractivity contribution is 5.81. The van der Waals surface area contributed by atoms with Crippen molar-refractivity contribution >= 4 is 5.97 Å². The van der Waals surface area contributed by atoms with Crippen LogP contribution in [-0.2, 0) is 14.3 Å². The standard InChI is InChI=1S/C16H29NO3/c1-3-10-17-16(15(18)19-2)9-4-5-14(16)8-11-20-12-13-6-7-13/h13-14,17H,3-12H2,1-2H3. The van der Waals surface area contributed by atoms with Gasteiger partial charge >= 0.3 is 5.97 Å². The molecule has 0 spiro atoms. The Labute approximate surface area is 122 Å². The Bertz CT molecular complexity index is 317. The summed E-state index contributed by atoms with van der Waals surface area (Å²) in [5, 5.41) is 3.48. The van der Waals surface area contributed by atoms with Gasteiger partial charge in [0, 0.05) is 13.2 Å². The average Bonchev–Trinajstić information content (AvgIpc) is 3.20. The van der Waals surface area contributed by atoms with Crippen molar-refractivity contribution in [3.63, 3.8) is 0 Å². The summed E-state index contributed by atoms with van der Waals surface area (Å²) < 4.78 is 10.8. The second-order valence-corrected chi connectivity index (χ2v) is 6.29. The van der Waals surface area contributed by atoms with Gasteiger partial charge in [0.25, 0.3) is 0 Å². The van der Waals surface area contributed by atoms with Crippen LogP contribution in [0.25, 0.3) is 0 Å². The van der Waals surface area contributed by atoms with Crippen molar-refractivity contribution in [2.45, 2.75) is 57.4 Å². The Hall–Kier alpha value is -0.610. The van der Waals surface area contributed by atoms with Crippen molar-refractivity contribution in [3.05, 3.63) is 0 Å². The molecule has 4 nitrogen and oxygen atoms in total. The van der Waals surface area contributed by atoms with E-state index in [0.29, 0.717) is 5.92 Å². The van der Waals surface area contributed by atoms with E-state index < -0.39 is 5.54 Å². The average molecular weight is 283 g/mol. The van der Waals surface area contributed by atoms with Crippen LogP contribution >= 0.6 is 0 Å². The van der Waals surface area contributed by atoms with Gasteiger partial charge < -0.3 is 14.8 Å². The minimum Gasteiger partial charge on any atom is -0.468 e. The Morgan fingerprint density at radius 1 is 1.35 bits per heavy atom. The van der Waals surface area contributed by atoms with E-state index in [1.54, 1.807) is 0 Å².